The van der Waals surface area contributed by atoms with Gasteiger partial charge >= 0.3 is 0 Å². The first-order valence-electron chi connectivity index (χ1n) is 2.53. The Bertz CT molecular complexity index is 64.6. The number of rotatable bonds is 2. The highest BCUT2D eigenvalue weighted by Crippen LogP contribution is 1.79. The third kappa shape index (κ3) is 3.37. The molecule has 0 saturated heterocycles. The van der Waals surface area contributed by atoms with Crippen LogP contribution in [0.5, 0.6) is 0 Å². The highest BCUT2D eigenvalue weighted by atomic mass is 14.8. The van der Waals surface area contributed by atoms with Crippen LogP contribution in [0.1, 0.15) is 13.8 Å². The fourth-order valence-electron chi connectivity index (χ4n) is 0.329. The predicted molar refractivity (Wildman–Crippen MR) is 32.8 cm³/mol. The Kier molecular flexibility index (Phi) is 3.48. The zero-order valence-corrected chi connectivity index (χ0v) is 4.99. The molecule has 0 rings (SSSR count). The van der Waals surface area contributed by atoms with Crippen molar-refractivity contribution in [2.24, 2.45) is 0 Å². The van der Waals surface area contributed by atoms with Gasteiger partial charge in [0.2, 0.25) is 0 Å². The van der Waals surface area contributed by atoms with Gasteiger partial charge in [0.1, 0.15) is 0 Å². The SMILES string of the molecule is [CH2]C(=CC)NCC. The third-order valence-corrected chi connectivity index (χ3v) is 0.752. The Labute approximate surface area is 45.4 Å². The van der Waals surface area contributed by atoms with Crippen LogP contribution in [0, 0.1) is 6.92 Å². The molecular weight excluding hydrogens is 86.1 g/mol. The maximum Gasteiger partial charge on any atom is 0.0115 e. The minimum Gasteiger partial charge on any atom is -0.389 e. The van der Waals surface area contributed by atoms with E-state index in [4.69, 9.17) is 0 Å². The van der Waals surface area contributed by atoms with Crippen LogP contribution in [0.2, 0.25) is 0 Å². The lowest BCUT2D eigenvalue weighted by Crippen LogP contribution is -2.08. The zero-order chi connectivity index (χ0) is 5.70. The summed E-state index contributed by atoms with van der Waals surface area (Å²) in [6, 6.07) is 0. The molecule has 41 valence electrons. The van der Waals surface area contributed by atoms with Gasteiger partial charge in [-0.1, -0.05) is 6.08 Å². The second kappa shape index (κ2) is 3.72. The largest absolute Gasteiger partial charge is 0.389 e. The van der Waals surface area contributed by atoms with Gasteiger partial charge in [0, 0.05) is 12.2 Å². The van der Waals surface area contributed by atoms with Crippen molar-refractivity contribution >= 4 is 0 Å². The highest BCUT2D eigenvalue weighted by molar-refractivity contribution is 4.99. The molecule has 0 heterocycles. The van der Waals surface area contributed by atoms with Crippen molar-refractivity contribution in [3.63, 3.8) is 0 Å². The van der Waals surface area contributed by atoms with Gasteiger partial charge in [-0.2, -0.15) is 0 Å². The average Bonchev–Trinajstić information content (AvgIpc) is 1.68. The maximum absolute atomic E-state index is 3.70. The van der Waals surface area contributed by atoms with Crippen molar-refractivity contribution in [3.8, 4) is 0 Å². The van der Waals surface area contributed by atoms with Crippen LogP contribution in [0.4, 0.5) is 0 Å². The summed E-state index contributed by atoms with van der Waals surface area (Å²) >= 11 is 0. The van der Waals surface area contributed by atoms with Crippen LogP contribution in [-0.2, 0) is 0 Å². The van der Waals surface area contributed by atoms with Gasteiger partial charge in [-0.3, -0.25) is 0 Å². The summed E-state index contributed by atoms with van der Waals surface area (Å²) in [5.74, 6) is 0. The summed E-state index contributed by atoms with van der Waals surface area (Å²) in [7, 11) is 0. The number of hydrogen-bond donors (Lipinski definition) is 1. The van der Waals surface area contributed by atoms with Crippen LogP contribution >= 0.6 is 0 Å². The topological polar surface area (TPSA) is 12.0 Å². The fourth-order valence-corrected chi connectivity index (χ4v) is 0.329. The van der Waals surface area contributed by atoms with Gasteiger partial charge in [0.15, 0.2) is 0 Å². The van der Waals surface area contributed by atoms with Crippen molar-refractivity contribution in [2.45, 2.75) is 13.8 Å². The minimum atomic E-state index is 0.961. The maximum atomic E-state index is 3.70. The van der Waals surface area contributed by atoms with E-state index in [0.717, 1.165) is 12.2 Å². The summed E-state index contributed by atoms with van der Waals surface area (Å²) in [6.07, 6.45) is 1.95. The van der Waals surface area contributed by atoms with Crippen LogP contribution in [0.15, 0.2) is 11.8 Å². The zero-order valence-electron chi connectivity index (χ0n) is 4.99. The Morgan fingerprint density at radius 1 is 1.86 bits per heavy atom. The van der Waals surface area contributed by atoms with Crippen LogP contribution < -0.4 is 5.32 Å². The molecule has 0 aliphatic carbocycles. The van der Waals surface area contributed by atoms with Crippen LogP contribution in [0.25, 0.3) is 0 Å². The Morgan fingerprint density at radius 3 is 2.57 bits per heavy atom. The first-order valence-corrected chi connectivity index (χ1v) is 2.53. The lowest BCUT2D eigenvalue weighted by molar-refractivity contribution is 0.875. The molecule has 0 amide bonds. The van der Waals surface area contributed by atoms with E-state index in [-0.39, 0.29) is 0 Å². The molecule has 1 N–H and O–H groups in total. The summed E-state index contributed by atoms with van der Waals surface area (Å²) in [4.78, 5) is 0. The standard InChI is InChI=1S/C6H12N/c1-4-6(3)7-5-2/h4,7H,3,5H2,1-2H3. The predicted octanol–water partition coefficient (Wildman–Crippen LogP) is 1.33. The molecule has 0 unspecified atom stereocenters. The second-order valence-electron chi connectivity index (χ2n) is 1.34. The number of allylic oxidation sites excluding steroid dienone is 2. The molecule has 1 nitrogen and oxygen atoms in total. The van der Waals surface area contributed by atoms with E-state index in [1.165, 1.54) is 0 Å². The van der Waals surface area contributed by atoms with Gasteiger partial charge in [0.05, 0.1) is 0 Å². The molecule has 0 aromatic carbocycles. The second-order valence-corrected chi connectivity index (χ2v) is 1.34. The summed E-state index contributed by atoms with van der Waals surface area (Å²) in [6.45, 7) is 8.67. The first-order chi connectivity index (χ1) is 3.31. The van der Waals surface area contributed by atoms with Crippen molar-refractivity contribution in [3.05, 3.63) is 18.7 Å². The van der Waals surface area contributed by atoms with E-state index < -0.39 is 0 Å². The minimum absolute atomic E-state index is 0.961. The molecule has 0 fully saturated rings. The lowest BCUT2D eigenvalue weighted by Gasteiger charge is -1.97. The van der Waals surface area contributed by atoms with Crippen LogP contribution in [-0.4, -0.2) is 6.54 Å². The van der Waals surface area contributed by atoms with E-state index in [0.29, 0.717) is 0 Å². The van der Waals surface area contributed by atoms with Gasteiger partial charge in [0.25, 0.3) is 0 Å². The third-order valence-electron chi connectivity index (χ3n) is 0.752. The molecule has 0 aromatic rings. The molecule has 1 heteroatoms. The van der Waals surface area contributed by atoms with Gasteiger partial charge in [-0.05, 0) is 20.8 Å². The molecule has 0 aliphatic heterocycles. The van der Waals surface area contributed by atoms with Crippen molar-refractivity contribution in [1.82, 2.24) is 5.32 Å². The van der Waals surface area contributed by atoms with E-state index in [2.05, 4.69) is 19.2 Å². The molecule has 0 atom stereocenters. The van der Waals surface area contributed by atoms with Gasteiger partial charge in [-0.15, -0.1) is 0 Å². The smallest absolute Gasteiger partial charge is 0.0115 e. The summed E-state index contributed by atoms with van der Waals surface area (Å²) in [5, 5.41) is 3.05. The molecule has 0 aromatic heterocycles. The highest BCUT2D eigenvalue weighted by Gasteiger charge is 1.75. The number of hydrogen-bond acceptors (Lipinski definition) is 1. The summed E-state index contributed by atoms with van der Waals surface area (Å²) < 4.78 is 0. The molecule has 1 radical (unpaired) electrons. The molecule has 7 heavy (non-hydrogen) atoms. The summed E-state index contributed by atoms with van der Waals surface area (Å²) in [5.41, 5.74) is 1.00. The Hall–Kier alpha value is -0.460. The van der Waals surface area contributed by atoms with Crippen molar-refractivity contribution in [2.75, 3.05) is 6.54 Å². The molecule has 0 spiro atoms. The van der Waals surface area contributed by atoms with Gasteiger partial charge in [-0.25, -0.2) is 0 Å². The van der Waals surface area contributed by atoms with Crippen molar-refractivity contribution < 1.29 is 0 Å². The van der Waals surface area contributed by atoms with Crippen LogP contribution in [0.3, 0.4) is 0 Å². The van der Waals surface area contributed by atoms with Gasteiger partial charge < -0.3 is 5.32 Å². The molecule has 0 aliphatic rings. The average molecular weight is 98.2 g/mol. The number of nitrogens with one attached hydrogen (secondary N) is 1. The normalized spacial score (nSPS) is 11.6. The van der Waals surface area contributed by atoms with E-state index in [1.54, 1.807) is 0 Å². The quantitative estimate of drug-likeness (QED) is 0.549. The van der Waals surface area contributed by atoms with E-state index in [9.17, 15) is 0 Å². The van der Waals surface area contributed by atoms with E-state index in [1.807, 2.05) is 13.0 Å². The first kappa shape index (κ1) is 6.54. The molecule has 0 saturated carbocycles. The fraction of sp³-hybridized carbons (Fsp3) is 0.500. The Balaban J connectivity index is 3.17. The Morgan fingerprint density at radius 2 is 2.43 bits per heavy atom. The molecule has 0 bridgehead atoms. The lowest BCUT2D eigenvalue weighted by atomic mass is 10.4. The van der Waals surface area contributed by atoms with E-state index >= 15 is 0 Å². The monoisotopic (exact) mass is 98.1 g/mol. The molecular formula is C6H12N. The van der Waals surface area contributed by atoms with Crippen molar-refractivity contribution in [1.29, 1.82) is 0 Å².